The molecule has 0 radical (unpaired) electrons. The average molecular weight is 389 g/mol. The standard InChI is InChI=1S/C20H24FN3O4/c1-20(11-3-2-4-15(20)19(27)28)22-18(26)16-9-10-17(25)24(23-16)12-13-5-7-14(21)8-6-13/h5-8,15H,2-4,9-12H2,1H3,(H,22,26)(H,27,28). The molecule has 8 heteroatoms. The number of hydrogen-bond acceptors (Lipinski definition) is 4. The maximum atomic E-state index is 13.1. The Kier molecular flexibility index (Phi) is 5.76. The van der Waals surface area contributed by atoms with Gasteiger partial charge >= 0.3 is 5.97 Å². The molecule has 0 aromatic heterocycles. The Hall–Kier alpha value is -2.77. The quantitative estimate of drug-likeness (QED) is 0.808. The summed E-state index contributed by atoms with van der Waals surface area (Å²) in [7, 11) is 0. The lowest BCUT2D eigenvalue weighted by atomic mass is 9.73. The third-order valence-electron chi connectivity index (χ3n) is 5.52. The van der Waals surface area contributed by atoms with Crippen LogP contribution in [0.4, 0.5) is 4.39 Å². The Morgan fingerprint density at radius 2 is 2.00 bits per heavy atom. The van der Waals surface area contributed by atoms with Crippen LogP contribution in [0.5, 0.6) is 0 Å². The fraction of sp³-hybridized carbons (Fsp3) is 0.500. The summed E-state index contributed by atoms with van der Waals surface area (Å²) in [6.45, 7) is 1.90. The van der Waals surface area contributed by atoms with E-state index in [9.17, 15) is 23.9 Å². The number of amides is 2. The first kappa shape index (κ1) is 20.0. The first-order valence-corrected chi connectivity index (χ1v) is 9.46. The van der Waals surface area contributed by atoms with Crippen molar-refractivity contribution in [1.29, 1.82) is 0 Å². The van der Waals surface area contributed by atoms with Gasteiger partial charge in [0.15, 0.2) is 0 Å². The summed E-state index contributed by atoms with van der Waals surface area (Å²) in [5, 5.41) is 17.8. The number of halogens is 1. The number of carboxylic acids is 1. The van der Waals surface area contributed by atoms with Crippen molar-refractivity contribution < 1.29 is 23.9 Å². The Morgan fingerprint density at radius 1 is 1.29 bits per heavy atom. The summed E-state index contributed by atoms with van der Waals surface area (Å²) in [5.41, 5.74) is 0.0652. The molecule has 2 atom stereocenters. The first-order chi connectivity index (χ1) is 13.3. The van der Waals surface area contributed by atoms with Gasteiger partial charge < -0.3 is 10.4 Å². The zero-order valence-electron chi connectivity index (χ0n) is 15.8. The zero-order chi connectivity index (χ0) is 20.3. The van der Waals surface area contributed by atoms with Crippen molar-refractivity contribution in [1.82, 2.24) is 10.3 Å². The van der Waals surface area contributed by atoms with Gasteiger partial charge in [-0.1, -0.05) is 25.0 Å². The second-order valence-corrected chi connectivity index (χ2v) is 7.63. The fourth-order valence-electron chi connectivity index (χ4n) is 3.86. The highest BCUT2D eigenvalue weighted by atomic mass is 19.1. The van der Waals surface area contributed by atoms with Gasteiger partial charge in [0.25, 0.3) is 5.91 Å². The summed E-state index contributed by atoms with van der Waals surface area (Å²) < 4.78 is 13.1. The van der Waals surface area contributed by atoms with Gasteiger partial charge in [-0.05, 0) is 37.5 Å². The lowest BCUT2D eigenvalue weighted by Crippen LogP contribution is -2.57. The molecule has 0 bridgehead atoms. The van der Waals surface area contributed by atoms with E-state index in [2.05, 4.69) is 10.4 Å². The molecule has 1 saturated carbocycles. The molecule has 3 rings (SSSR count). The minimum Gasteiger partial charge on any atom is -0.481 e. The second-order valence-electron chi connectivity index (χ2n) is 7.63. The number of hydrazone groups is 1. The molecule has 1 aromatic rings. The third-order valence-corrected chi connectivity index (χ3v) is 5.52. The first-order valence-electron chi connectivity index (χ1n) is 9.46. The smallest absolute Gasteiger partial charge is 0.308 e. The Bertz CT molecular complexity index is 808. The van der Waals surface area contributed by atoms with Gasteiger partial charge in [-0.15, -0.1) is 0 Å². The predicted molar refractivity (Wildman–Crippen MR) is 99.8 cm³/mol. The van der Waals surface area contributed by atoms with Gasteiger partial charge in [-0.2, -0.15) is 5.10 Å². The van der Waals surface area contributed by atoms with Crippen LogP contribution in [0.15, 0.2) is 29.4 Å². The molecule has 0 saturated heterocycles. The van der Waals surface area contributed by atoms with Crippen LogP contribution in [0.3, 0.4) is 0 Å². The molecule has 150 valence electrons. The van der Waals surface area contributed by atoms with Crippen LogP contribution in [0.1, 0.15) is 51.0 Å². The highest BCUT2D eigenvalue weighted by Crippen LogP contribution is 2.34. The van der Waals surface area contributed by atoms with Crippen LogP contribution in [-0.2, 0) is 20.9 Å². The molecule has 28 heavy (non-hydrogen) atoms. The van der Waals surface area contributed by atoms with Crippen LogP contribution in [0.2, 0.25) is 0 Å². The Morgan fingerprint density at radius 3 is 2.68 bits per heavy atom. The van der Waals surface area contributed by atoms with Crippen molar-refractivity contribution in [2.24, 2.45) is 11.0 Å². The van der Waals surface area contributed by atoms with E-state index in [0.717, 1.165) is 12.8 Å². The van der Waals surface area contributed by atoms with Crippen LogP contribution in [0, 0.1) is 11.7 Å². The zero-order valence-corrected chi connectivity index (χ0v) is 15.8. The van der Waals surface area contributed by atoms with Crippen LogP contribution >= 0.6 is 0 Å². The summed E-state index contributed by atoms with van der Waals surface area (Å²) in [6, 6.07) is 5.73. The SMILES string of the molecule is CC1(NC(=O)C2=NN(Cc3ccc(F)cc3)C(=O)CC2)CCCCC1C(=O)O. The average Bonchev–Trinajstić information content (AvgIpc) is 2.65. The molecule has 1 heterocycles. The van der Waals surface area contributed by atoms with Gasteiger partial charge in [0.2, 0.25) is 5.91 Å². The Labute approximate surface area is 162 Å². The van der Waals surface area contributed by atoms with E-state index < -0.39 is 23.3 Å². The van der Waals surface area contributed by atoms with Crippen molar-refractivity contribution in [3.63, 3.8) is 0 Å². The van der Waals surface area contributed by atoms with E-state index in [4.69, 9.17) is 0 Å². The molecule has 0 spiro atoms. The van der Waals surface area contributed by atoms with Gasteiger partial charge in [0.1, 0.15) is 11.5 Å². The van der Waals surface area contributed by atoms with Gasteiger partial charge in [0.05, 0.1) is 18.0 Å². The summed E-state index contributed by atoms with van der Waals surface area (Å²) in [4.78, 5) is 36.5. The van der Waals surface area contributed by atoms with E-state index in [1.807, 2.05) is 0 Å². The molecule has 2 aliphatic rings. The highest BCUT2D eigenvalue weighted by molar-refractivity contribution is 6.39. The van der Waals surface area contributed by atoms with Crippen LogP contribution in [-0.4, -0.2) is 39.1 Å². The number of hydrogen-bond donors (Lipinski definition) is 2. The lowest BCUT2D eigenvalue weighted by molar-refractivity contribution is -0.146. The molecule has 1 aliphatic carbocycles. The van der Waals surface area contributed by atoms with Crippen LogP contribution < -0.4 is 5.32 Å². The molecule has 1 aliphatic heterocycles. The Balaban J connectivity index is 1.74. The number of nitrogens with zero attached hydrogens (tertiary/aromatic N) is 2. The number of carboxylic acid groups (broad SMARTS) is 1. The lowest BCUT2D eigenvalue weighted by Gasteiger charge is -2.40. The maximum absolute atomic E-state index is 13.1. The molecular weight excluding hydrogens is 365 g/mol. The molecular formula is C20H24FN3O4. The molecule has 2 unspecified atom stereocenters. The van der Waals surface area contributed by atoms with E-state index in [1.54, 1.807) is 19.1 Å². The number of nitrogens with one attached hydrogen (secondary N) is 1. The number of rotatable bonds is 5. The summed E-state index contributed by atoms with van der Waals surface area (Å²) in [6.07, 6.45) is 3.13. The number of carbonyl (C=O) groups excluding carboxylic acids is 2. The van der Waals surface area contributed by atoms with Crippen molar-refractivity contribution in [3.05, 3.63) is 35.6 Å². The van der Waals surface area contributed by atoms with E-state index in [0.29, 0.717) is 18.4 Å². The molecule has 2 N–H and O–H groups in total. The van der Waals surface area contributed by atoms with Gasteiger partial charge in [-0.25, -0.2) is 9.40 Å². The van der Waals surface area contributed by atoms with Gasteiger partial charge in [-0.3, -0.25) is 14.4 Å². The minimum atomic E-state index is -0.916. The third kappa shape index (κ3) is 4.37. The van der Waals surface area contributed by atoms with Crippen LogP contribution in [0.25, 0.3) is 0 Å². The minimum absolute atomic E-state index is 0.144. The molecule has 7 nitrogen and oxygen atoms in total. The fourth-order valence-corrected chi connectivity index (χ4v) is 3.86. The predicted octanol–water partition coefficient (Wildman–Crippen LogP) is 2.45. The largest absolute Gasteiger partial charge is 0.481 e. The van der Waals surface area contributed by atoms with Crippen molar-refractivity contribution in [2.45, 2.75) is 57.5 Å². The van der Waals surface area contributed by atoms with E-state index >= 15 is 0 Å². The number of carbonyl (C=O) groups is 3. The monoisotopic (exact) mass is 389 g/mol. The molecule has 1 fully saturated rings. The molecule has 2 amide bonds. The van der Waals surface area contributed by atoms with E-state index in [1.165, 1.54) is 17.1 Å². The summed E-state index contributed by atoms with van der Waals surface area (Å²) >= 11 is 0. The number of aliphatic carboxylic acids is 1. The highest BCUT2D eigenvalue weighted by Gasteiger charge is 2.43. The van der Waals surface area contributed by atoms with Crippen molar-refractivity contribution in [3.8, 4) is 0 Å². The number of benzene rings is 1. The second kappa shape index (κ2) is 8.08. The maximum Gasteiger partial charge on any atom is 0.308 e. The van der Waals surface area contributed by atoms with Crippen molar-refractivity contribution in [2.75, 3.05) is 0 Å². The normalized spacial score (nSPS) is 25.2. The topological polar surface area (TPSA) is 99.1 Å². The van der Waals surface area contributed by atoms with Crippen molar-refractivity contribution >= 4 is 23.5 Å². The van der Waals surface area contributed by atoms with Gasteiger partial charge in [0, 0.05) is 12.8 Å². The van der Waals surface area contributed by atoms with E-state index in [-0.39, 0.29) is 36.8 Å². The molecule has 1 aromatic carbocycles. The summed E-state index contributed by atoms with van der Waals surface area (Å²) in [5.74, 6) is -2.58.